The molecule has 0 aromatic heterocycles. The van der Waals surface area contributed by atoms with E-state index in [-0.39, 0.29) is 23.8 Å². The summed E-state index contributed by atoms with van der Waals surface area (Å²) in [7, 11) is 0. The van der Waals surface area contributed by atoms with E-state index in [1.807, 2.05) is 0 Å². The molecule has 1 N–H and O–H groups in total. The molecule has 0 radical (unpaired) electrons. The van der Waals surface area contributed by atoms with Gasteiger partial charge in [-0.05, 0) is 70.6 Å². The maximum atomic E-state index is 9.11. The van der Waals surface area contributed by atoms with Gasteiger partial charge < -0.3 is 4.74 Å². The second kappa shape index (κ2) is 14.0. The first-order valence-corrected chi connectivity index (χ1v) is 12.6. The maximum Gasteiger partial charge on any atom is 0.113 e. The van der Waals surface area contributed by atoms with Crippen molar-refractivity contribution >= 4 is 0 Å². The Morgan fingerprint density at radius 2 is 1.21 bits per heavy atom. The predicted molar refractivity (Wildman–Crippen MR) is 128 cm³/mol. The average Bonchev–Trinajstić information content (AvgIpc) is 2.87. The van der Waals surface area contributed by atoms with E-state index in [1.54, 1.807) is 0 Å². The third-order valence-corrected chi connectivity index (χ3v) is 7.29. The highest BCUT2D eigenvalue weighted by molar-refractivity contribution is 5.16. The molecule has 33 heavy (non-hydrogen) atoms. The smallest absolute Gasteiger partial charge is 0.113 e. The second-order valence-corrected chi connectivity index (χ2v) is 9.66. The van der Waals surface area contributed by atoms with Gasteiger partial charge in [-0.3, -0.25) is 4.84 Å². The van der Waals surface area contributed by atoms with Gasteiger partial charge in [0.2, 0.25) is 0 Å². The highest BCUT2D eigenvalue weighted by Crippen LogP contribution is 2.32. The first-order valence-electron chi connectivity index (χ1n) is 12.6. The maximum absolute atomic E-state index is 9.11. The van der Waals surface area contributed by atoms with E-state index in [4.69, 9.17) is 20.1 Å². The summed E-state index contributed by atoms with van der Waals surface area (Å²) in [4.78, 5) is 5.69. The van der Waals surface area contributed by atoms with Gasteiger partial charge in [0.25, 0.3) is 0 Å². The summed E-state index contributed by atoms with van der Waals surface area (Å²) in [6.45, 7) is 4.48. The van der Waals surface area contributed by atoms with Crippen LogP contribution in [0.5, 0.6) is 0 Å². The third-order valence-electron chi connectivity index (χ3n) is 7.29. The standard InChI is InChI=1S/C28H37N3O2/c1-2-32-17-18-33-31-28-19-24(8-3-22-4-9-25(20-29)10-5-22)14-16-27(28)15-13-23-6-11-26(21-30)12-7-23/h2,22-28,31H,1,4-7,9-12,14,16-19H2. The van der Waals surface area contributed by atoms with Crippen LogP contribution >= 0.6 is 0 Å². The largest absolute Gasteiger partial charge is 0.499 e. The molecule has 0 aromatic carbocycles. The predicted octanol–water partition coefficient (Wildman–Crippen LogP) is 5.12. The zero-order valence-corrected chi connectivity index (χ0v) is 19.7. The zero-order chi connectivity index (χ0) is 23.3. The van der Waals surface area contributed by atoms with Gasteiger partial charge in [0.05, 0.1) is 18.4 Å². The summed E-state index contributed by atoms with van der Waals surface area (Å²) in [5.41, 5.74) is 3.25. The van der Waals surface area contributed by atoms with Crippen molar-refractivity contribution in [3.05, 3.63) is 12.8 Å². The molecule has 0 amide bonds. The third kappa shape index (κ3) is 8.45. The molecule has 3 fully saturated rings. The van der Waals surface area contributed by atoms with Crippen LogP contribution in [-0.4, -0.2) is 19.3 Å². The van der Waals surface area contributed by atoms with Crippen LogP contribution in [0.1, 0.15) is 70.6 Å². The van der Waals surface area contributed by atoms with Gasteiger partial charge in [0.15, 0.2) is 0 Å². The molecule has 3 atom stereocenters. The van der Waals surface area contributed by atoms with Crippen LogP contribution in [0, 0.1) is 81.9 Å². The van der Waals surface area contributed by atoms with Gasteiger partial charge in [-0.25, -0.2) is 0 Å². The first kappa shape index (κ1) is 25.2. The summed E-state index contributed by atoms with van der Waals surface area (Å²) < 4.78 is 5.14. The fourth-order valence-electron chi connectivity index (χ4n) is 5.14. The molecule has 3 rings (SSSR count). The lowest BCUT2D eigenvalue weighted by Gasteiger charge is -2.32. The lowest BCUT2D eigenvalue weighted by molar-refractivity contribution is -0.0225. The number of hydrogen-bond acceptors (Lipinski definition) is 5. The first-order chi connectivity index (χ1) is 16.2. The lowest BCUT2D eigenvalue weighted by Crippen LogP contribution is -2.41. The topological polar surface area (TPSA) is 78.1 Å². The minimum Gasteiger partial charge on any atom is -0.499 e. The normalized spacial score (nSPS) is 33.7. The number of nitriles is 2. The van der Waals surface area contributed by atoms with Crippen molar-refractivity contribution < 1.29 is 9.57 Å². The van der Waals surface area contributed by atoms with Gasteiger partial charge in [-0.15, -0.1) is 0 Å². The van der Waals surface area contributed by atoms with Crippen molar-refractivity contribution in [1.82, 2.24) is 5.48 Å². The number of nitrogens with one attached hydrogen (secondary N) is 1. The SMILES string of the molecule is C=COCCONC1CC(C#CC2CCC(C#N)CC2)CCC1C#CC1CCC(C#N)CC1. The van der Waals surface area contributed by atoms with Crippen LogP contribution in [-0.2, 0) is 9.57 Å². The van der Waals surface area contributed by atoms with Crippen molar-refractivity contribution in [3.8, 4) is 35.8 Å². The van der Waals surface area contributed by atoms with Crippen molar-refractivity contribution in [2.24, 2.45) is 35.5 Å². The van der Waals surface area contributed by atoms with E-state index in [0.29, 0.717) is 31.0 Å². The molecular formula is C28H37N3O2. The highest BCUT2D eigenvalue weighted by Gasteiger charge is 2.30. The van der Waals surface area contributed by atoms with Crippen LogP contribution in [0.15, 0.2) is 12.8 Å². The molecule has 0 aromatic rings. The number of ether oxygens (including phenoxy) is 1. The van der Waals surface area contributed by atoms with Crippen molar-refractivity contribution in [2.75, 3.05) is 13.2 Å². The molecule has 3 unspecified atom stereocenters. The molecule has 0 aliphatic heterocycles. The number of nitrogens with zero attached hydrogens (tertiary/aromatic N) is 2. The Kier molecular flexibility index (Phi) is 10.7. The molecule has 0 saturated heterocycles. The van der Waals surface area contributed by atoms with E-state index in [2.05, 4.69) is 47.9 Å². The Labute approximate surface area is 199 Å². The van der Waals surface area contributed by atoms with Gasteiger partial charge in [-0.2, -0.15) is 16.0 Å². The summed E-state index contributed by atoms with van der Waals surface area (Å²) in [6.07, 6.45) is 12.5. The van der Waals surface area contributed by atoms with Crippen LogP contribution < -0.4 is 5.48 Å². The van der Waals surface area contributed by atoms with E-state index in [1.165, 1.54) is 6.26 Å². The van der Waals surface area contributed by atoms with E-state index in [0.717, 1.165) is 70.6 Å². The van der Waals surface area contributed by atoms with Gasteiger partial charge in [0, 0.05) is 41.5 Å². The molecule has 5 nitrogen and oxygen atoms in total. The minimum absolute atomic E-state index is 0.152. The minimum atomic E-state index is 0.152. The Balaban J connectivity index is 1.54. The summed E-state index contributed by atoms with van der Waals surface area (Å²) in [5, 5.41) is 18.2. The highest BCUT2D eigenvalue weighted by atomic mass is 16.7. The Morgan fingerprint density at radius 3 is 1.79 bits per heavy atom. The molecule has 3 saturated carbocycles. The van der Waals surface area contributed by atoms with E-state index >= 15 is 0 Å². The fraction of sp³-hybridized carbons (Fsp3) is 0.714. The lowest BCUT2D eigenvalue weighted by atomic mass is 9.77. The molecule has 3 aliphatic carbocycles. The Hall–Kier alpha value is -2.44. The molecular weight excluding hydrogens is 410 g/mol. The molecule has 0 heterocycles. The monoisotopic (exact) mass is 447 g/mol. The summed E-state index contributed by atoms with van der Waals surface area (Å²) in [5.74, 6) is 16.1. The summed E-state index contributed by atoms with van der Waals surface area (Å²) >= 11 is 0. The molecule has 3 aliphatic rings. The number of rotatable bonds is 6. The van der Waals surface area contributed by atoms with Crippen molar-refractivity contribution in [3.63, 3.8) is 0 Å². The van der Waals surface area contributed by atoms with Gasteiger partial charge in [-0.1, -0.05) is 30.3 Å². The second-order valence-electron chi connectivity index (χ2n) is 9.66. The fourth-order valence-corrected chi connectivity index (χ4v) is 5.14. The number of hydroxylamine groups is 1. The van der Waals surface area contributed by atoms with E-state index in [9.17, 15) is 0 Å². The Bertz CT molecular complexity index is 818. The molecule has 0 spiro atoms. The van der Waals surface area contributed by atoms with Crippen molar-refractivity contribution in [2.45, 2.75) is 76.7 Å². The van der Waals surface area contributed by atoms with Crippen LogP contribution in [0.2, 0.25) is 0 Å². The van der Waals surface area contributed by atoms with E-state index < -0.39 is 0 Å². The van der Waals surface area contributed by atoms with Gasteiger partial charge >= 0.3 is 0 Å². The average molecular weight is 448 g/mol. The quantitative estimate of drug-likeness (QED) is 0.265. The van der Waals surface area contributed by atoms with Gasteiger partial charge in [0.1, 0.15) is 13.2 Å². The number of hydrogen-bond donors (Lipinski definition) is 1. The van der Waals surface area contributed by atoms with Crippen LogP contribution in [0.3, 0.4) is 0 Å². The molecule has 176 valence electrons. The zero-order valence-electron chi connectivity index (χ0n) is 19.7. The Morgan fingerprint density at radius 1 is 0.697 bits per heavy atom. The molecule has 5 heteroatoms. The van der Waals surface area contributed by atoms with Crippen LogP contribution in [0.25, 0.3) is 0 Å². The summed E-state index contributed by atoms with van der Waals surface area (Å²) in [6, 6.07) is 4.96. The molecule has 0 bridgehead atoms. The van der Waals surface area contributed by atoms with Crippen molar-refractivity contribution in [1.29, 1.82) is 10.5 Å². The van der Waals surface area contributed by atoms with Crippen LogP contribution in [0.4, 0.5) is 0 Å².